The van der Waals surface area contributed by atoms with Crippen LogP contribution in [0.1, 0.15) is 30.4 Å². The molecule has 2 N–H and O–H groups in total. The zero-order chi connectivity index (χ0) is 13.0. The second-order valence-electron chi connectivity index (χ2n) is 4.82. The van der Waals surface area contributed by atoms with E-state index in [4.69, 9.17) is 0 Å². The molecule has 0 spiro atoms. The third-order valence-corrected chi connectivity index (χ3v) is 3.32. The minimum absolute atomic E-state index is 0.0813. The number of amides is 1. The molecule has 3 heteroatoms. The number of carbonyl (C=O) groups excluding carboxylic acids is 1. The maximum atomic E-state index is 12.3. The molecule has 1 aliphatic rings. The number of hydrogen-bond donors (Lipinski definition) is 2. The van der Waals surface area contributed by atoms with Crippen LogP contribution in [0.15, 0.2) is 36.9 Å². The molecule has 96 valence electrons. The molecule has 18 heavy (non-hydrogen) atoms. The fourth-order valence-electron chi connectivity index (χ4n) is 2.38. The molecule has 0 aliphatic carbocycles. The normalized spacial score (nSPS) is 19.7. The third-order valence-electron chi connectivity index (χ3n) is 3.32. The Kier molecular flexibility index (Phi) is 4.15. The van der Waals surface area contributed by atoms with Gasteiger partial charge in [-0.05, 0) is 24.5 Å². The van der Waals surface area contributed by atoms with Gasteiger partial charge in [0.25, 0.3) is 0 Å². The van der Waals surface area contributed by atoms with Crippen molar-refractivity contribution in [2.24, 2.45) is 0 Å². The van der Waals surface area contributed by atoms with E-state index in [0.29, 0.717) is 6.54 Å². The van der Waals surface area contributed by atoms with Gasteiger partial charge >= 0.3 is 0 Å². The van der Waals surface area contributed by atoms with Crippen LogP contribution in [0.25, 0.3) is 0 Å². The molecular weight excluding hydrogens is 224 g/mol. The van der Waals surface area contributed by atoms with Gasteiger partial charge in [0.1, 0.15) is 0 Å². The standard InChI is InChI=1S/C15H20N2O/c1-3-6-11(2)17-15(18)14-10-16-9-12-7-4-5-8-13(12)14/h3-5,7-8,11,14,16H,1,6,9-10H2,2H3,(H,17,18). The lowest BCUT2D eigenvalue weighted by molar-refractivity contribution is -0.123. The minimum atomic E-state index is -0.0813. The van der Waals surface area contributed by atoms with Crippen LogP contribution in [0.2, 0.25) is 0 Å². The van der Waals surface area contributed by atoms with Crippen molar-refractivity contribution in [1.29, 1.82) is 0 Å². The van der Waals surface area contributed by atoms with Crippen LogP contribution < -0.4 is 10.6 Å². The smallest absolute Gasteiger partial charge is 0.229 e. The molecule has 1 aromatic rings. The van der Waals surface area contributed by atoms with E-state index in [9.17, 15) is 4.79 Å². The van der Waals surface area contributed by atoms with Crippen molar-refractivity contribution in [1.82, 2.24) is 10.6 Å². The lowest BCUT2D eigenvalue weighted by Crippen LogP contribution is -2.42. The maximum absolute atomic E-state index is 12.3. The summed E-state index contributed by atoms with van der Waals surface area (Å²) in [6.45, 7) is 7.26. The molecule has 2 unspecified atom stereocenters. The number of hydrogen-bond acceptors (Lipinski definition) is 2. The van der Waals surface area contributed by atoms with Crippen molar-refractivity contribution in [3.63, 3.8) is 0 Å². The zero-order valence-corrected chi connectivity index (χ0v) is 10.8. The molecule has 0 radical (unpaired) electrons. The summed E-state index contributed by atoms with van der Waals surface area (Å²) in [5.41, 5.74) is 2.37. The molecule has 1 aliphatic heterocycles. The molecule has 1 aromatic carbocycles. The van der Waals surface area contributed by atoms with Gasteiger partial charge in [-0.1, -0.05) is 30.3 Å². The molecule has 1 amide bonds. The lowest BCUT2D eigenvalue weighted by atomic mass is 9.90. The van der Waals surface area contributed by atoms with Crippen LogP contribution in [0.3, 0.4) is 0 Å². The van der Waals surface area contributed by atoms with Crippen LogP contribution in [0, 0.1) is 0 Å². The Hall–Kier alpha value is -1.61. The second kappa shape index (κ2) is 5.83. The summed E-state index contributed by atoms with van der Waals surface area (Å²) >= 11 is 0. The molecule has 2 rings (SSSR count). The van der Waals surface area contributed by atoms with Crippen LogP contribution in [-0.4, -0.2) is 18.5 Å². The largest absolute Gasteiger partial charge is 0.353 e. The molecule has 0 saturated heterocycles. The van der Waals surface area contributed by atoms with E-state index in [0.717, 1.165) is 18.5 Å². The first kappa shape index (κ1) is 12.8. The zero-order valence-electron chi connectivity index (χ0n) is 10.8. The third kappa shape index (κ3) is 2.79. The highest BCUT2D eigenvalue weighted by Crippen LogP contribution is 2.23. The van der Waals surface area contributed by atoms with E-state index < -0.39 is 0 Å². The molecule has 2 atom stereocenters. The molecule has 0 aromatic heterocycles. The Morgan fingerprint density at radius 1 is 1.61 bits per heavy atom. The van der Waals surface area contributed by atoms with Crippen molar-refractivity contribution >= 4 is 5.91 Å². The van der Waals surface area contributed by atoms with Crippen molar-refractivity contribution in [3.8, 4) is 0 Å². The summed E-state index contributed by atoms with van der Waals surface area (Å²) in [4.78, 5) is 12.3. The predicted molar refractivity (Wildman–Crippen MR) is 73.3 cm³/mol. The number of benzene rings is 1. The van der Waals surface area contributed by atoms with E-state index in [1.807, 2.05) is 25.1 Å². The van der Waals surface area contributed by atoms with E-state index in [-0.39, 0.29) is 17.9 Å². The Balaban J connectivity index is 2.10. The molecule has 0 saturated carbocycles. The number of carbonyl (C=O) groups is 1. The average molecular weight is 244 g/mol. The summed E-state index contributed by atoms with van der Waals surface area (Å²) in [7, 11) is 0. The van der Waals surface area contributed by atoms with Gasteiger partial charge in [0.15, 0.2) is 0 Å². The second-order valence-corrected chi connectivity index (χ2v) is 4.82. The van der Waals surface area contributed by atoms with E-state index >= 15 is 0 Å². The van der Waals surface area contributed by atoms with Crippen molar-refractivity contribution in [2.75, 3.05) is 6.54 Å². The Bertz CT molecular complexity index is 442. The lowest BCUT2D eigenvalue weighted by Gasteiger charge is -2.26. The predicted octanol–water partition coefficient (Wildman–Crippen LogP) is 1.95. The van der Waals surface area contributed by atoms with Gasteiger partial charge in [0, 0.05) is 19.1 Å². The maximum Gasteiger partial charge on any atom is 0.229 e. The Labute approximate surface area is 108 Å². The van der Waals surface area contributed by atoms with Gasteiger partial charge in [-0.2, -0.15) is 0 Å². The van der Waals surface area contributed by atoms with Crippen LogP contribution in [0.5, 0.6) is 0 Å². The van der Waals surface area contributed by atoms with E-state index in [1.165, 1.54) is 5.56 Å². The average Bonchev–Trinajstić information content (AvgIpc) is 2.38. The summed E-state index contributed by atoms with van der Waals surface area (Å²) in [5.74, 6) is 0.0196. The molecule has 0 fully saturated rings. The van der Waals surface area contributed by atoms with Crippen LogP contribution in [-0.2, 0) is 11.3 Å². The van der Waals surface area contributed by atoms with Gasteiger partial charge in [0.2, 0.25) is 5.91 Å². The highest BCUT2D eigenvalue weighted by atomic mass is 16.2. The topological polar surface area (TPSA) is 41.1 Å². The highest BCUT2D eigenvalue weighted by molar-refractivity contribution is 5.84. The van der Waals surface area contributed by atoms with Gasteiger partial charge in [-0.25, -0.2) is 0 Å². The van der Waals surface area contributed by atoms with Crippen molar-refractivity contribution in [3.05, 3.63) is 48.0 Å². The van der Waals surface area contributed by atoms with Gasteiger partial charge in [0.05, 0.1) is 5.92 Å². The molecule has 3 nitrogen and oxygen atoms in total. The fraction of sp³-hybridized carbons (Fsp3) is 0.400. The minimum Gasteiger partial charge on any atom is -0.353 e. The van der Waals surface area contributed by atoms with Crippen LogP contribution >= 0.6 is 0 Å². The van der Waals surface area contributed by atoms with Gasteiger partial charge < -0.3 is 10.6 Å². The quantitative estimate of drug-likeness (QED) is 0.795. The SMILES string of the molecule is C=CCC(C)NC(=O)C1CNCc2ccccc21. The first-order valence-electron chi connectivity index (χ1n) is 6.42. The number of fused-ring (bicyclic) bond motifs is 1. The Morgan fingerprint density at radius 3 is 3.17 bits per heavy atom. The summed E-state index contributed by atoms with van der Waals surface area (Å²) in [6, 6.07) is 8.29. The number of rotatable bonds is 4. The van der Waals surface area contributed by atoms with Crippen molar-refractivity contribution in [2.45, 2.75) is 31.8 Å². The van der Waals surface area contributed by atoms with Crippen molar-refractivity contribution < 1.29 is 4.79 Å². The first-order chi connectivity index (χ1) is 8.72. The number of nitrogens with one attached hydrogen (secondary N) is 2. The molecule has 1 heterocycles. The summed E-state index contributed by atoms with van der Waals surface area (Å²) < 4.78 is 0. The molecule has 0 bridgehead atoms. The van der Waals surface area contributed by atoms with Gasteiger partial charge in [-0.15, -0.1) is 6.58 Å². The summed E-state index contributed by atoms with van der Waals surface area (Å²) in [6.07, 6.45) is 2.63. The van der Waals surface area contributed by atoms with Crippen LogP contribution in [0.4, 0.5) is 0 Å². The first-order valence-corrected chi connectivity index (χ1v) is 6.42. The van der Waals surface area contributed by atoms with E-state index in [1.54, 1.807) is 0 Å². The van der Waals surface area contributed by atoms with E-state index in [2.05, 4.69) is 29.3 Å². The molecular formula is C15H20N2O. The Morgan fingerprint density at radius 2 is 2.39 bits per heavy atom. The monoisotopic (exact) mass is 244 g/mol. The highest BCUT2D eigenvalue weighted by Gasteiger charge is 2.26. The summed E-state index contributed by atoms with van der Waals surface area (Å²) in [5, 5.41) is 6.34. The van der Waals surface area contributed by atoms with Gasteiger partial charge in [-0.3, -0.25) is 4.79 Å². The fourth-order valence-corrected chi connectivity index (χ4v) is 2.38.